The topological polar surface area (TPSA) is 90.0 Å². The molecule has 0 aromatic rings. The van der Waals surface area contributed by atoms with Crippen LogP contribution in [-0.2, 0) is 9.59 Å². The third kappa shape index (κ3) is 2.55. The van der Waals surface area contributed by atoms with Crippen LogP contribution in [0, 0.1) is 5.92 Å². The molecule has 0 spiro atoms. The first-order valence-electron chi connectivity index (χ1n) is 5.99. The van der Waals surface area contributed by atoms with E-state index in [9.17, 15) is 14.4 Å². The fourth-order valence-corrected chi connectivity index (χ4v) is 2.20. The molecule has 0 saturated carbocycles. The number of likely N-dealkylation sites (tertiary alicyclic amines) is 2. The number of nitrogens with one attached hydrogen (secondary N) is 1. The van der Waals surface area contributed by atoms with Crippen molar-refractivity contribution in [1.29, 1.82) is 0 Å². The highest BCUT2D eigenvalue weighted by atomic mass is 16.4. The Morgan fingerprint density at radius 1 is 1.33 bits per heavy atom. The lowest BCUT2D eigenvalue weighted by atomic mass is 10.0. The van der Waals surface area contributed by atoms with Gasteiger partial charge in [0.2, 0.25) is 5.91 Å². The molecule has 0 aliphatic carbocycles. The van der Waals surface area contributed by atoms with Crippen LogP contribution in [0.4, 0.5) is 4.79 Å². The van der Waals surface area contributed by atoms with Crippen LogP contribution in [-0.4, -0.2) is 65.5 Å². The van der Waals surface area contributed by atoms with Crippen LogP contribution in [0.2, 0.25) is 0 Å². The number of carbonyl (C=O) groups excluding carboxylic acids is 2. The summed E-state index contributed by atoms with van der Waals surface area (Å²) in [5.74, 6) is -1.20. The molecule has 2 N–H and O–H groups in total. The van der Waals surface area contributed by atoms with Gasteiger partial charge in [-0.25, -0.2) is 4.79 Å². The number of urea groups is 1. The molecule has 2 saturated heterocycles. The van der Waals surface area contributed by atoms with E-state index < -0.39 is 11.9 Å². The smallest absolute Gasteiger partial charge is 0.317 e. The number of aliphatic carboxylic acids is 1. The van der Waals surface area contributed by atoms with Gasteiger partial charge in [-0.1, -0.05) is 0 Å². The summed E-state index contributed by atoms with van der Waals surface area (Å²) in [6.45, 7) is 1.05. The summed E-state index contributed by atoms with van der Waals surface area (Å²) in [7, 11) is 1.71. The van der Waals surface area contributed by atoms with E-state index in [1.54, 1.807) is 11.9 Å². The lowest BCUT2D eigenvalue weighted by Gasteiger charge is -2.38. The van der Waals surface area contributed by atoms with Crippen molar-refractivity contribution in [2.75, 3.05) is 26.7 Å². The van der Waals surface area contributed by atoms with Gasteiger partial charge in [0, 0.05) is 39.1 Å². The summed E-state index contributed by atoms with van der Waals surface area (Å²) in [5, 5.41) is 11.5. The molecule has 100 valence electrons. The summed E-state index contributed by atoms with van der Waals surface area (Å²) < 4.78 is 0. The molecular formula is C11H17N3O4. The maximum absolute atomic E-state index is 11.8. The minimum atomic E-state index is -0.859. The molecule has 2 fully saturated rings. The first kappa shape index (κ1) is 12.7. The van der Waals surface area contributed by atoms with Gasteiger partial charge in [-0.05, 0) is 6.42 Å². The number of piperidine rings is 1. The Bertz CT molecular complexity index is 378. The van der Waals surface area contributed by atoms with E-state index >= 15 is 0 Å². The Labute approximate surface area is 105 Å². The number of carbonyl (C=O) groups is 3. The van der Waals surface area contributed by atoms with Gasteiger partial charge < -0.3 is 20.2 Å². The first-order chi connectivity index (χ1) is 8.47. The Balaban J connectivity index is 1.76. The molecular weight excluding hydrogens is 238 g/mol. The molecule has 1 atom stereocenters. The zero-order valence-corrected chi connectivity index (χ0v) is 10.3. The fraction of sp³-hybridized carbons (Fsp3) is 0.727. The minimum Gasteiger partial charge on any atom is -0.481 e. The van der Waals surface area contributed by atoms with E-state index in [-0.39, 0.29) is 31.1 Å². The van der Waals surface area contributed by atoms with E-state index in [2.05, 4.69) is 5.32 Å². The molecule has 2 rings (SSSR count). The van der Waals surface area contributed by atoms with E-state index in [4.69, 9.17) is 5.11 Å². The van der Waals surface area contributed by atoms with Gasteiger partial charge in [0.15, 0.2) is 0 Å². The van der Waals surface area contributed by atoms with Crippen LogP contribution in [0.3, 0.4) is 0 Å². The van der Waals surface area contributed by atoms with E-state index in [0.29, 0.717) is 19.4 Å². The van der Waals surface area contributed by atoms with Gasteiger partial charge in [0.1, 0.15) is 0 Å². The van der Waals surface area contributed by atoms with Gasteiger partial charge in [-0.3, -0.25) is 9.59 Å². The second-order valence-corrected chi connectivity index (χ2v) is 4.90. The molecule has 0 aromatic carbocycles. The average molecular weight is 255 g/mol. The Hall–Kier alpha value is -1.79. The average Bonchev–Trinajstić information content (AvgIpc) is 2.20. The summed E-state index contributed by atoms with van der Waals surface area (Å²) in [5.41, 5.74) is 0. The maximum atomic E-state index is 11.8. The first-order valence-corrected chi connectivity index (χ1v) is 5.99. The van der Waals surface area contributed by atoms with Crippen molar-refractivity contribution in [2.24, 2.45) is 5.92 Å². The molecule has 18 heavy (non-hydrogen) atoms. The number of hydrogen-bond donors (Lipinski definition) is 2. The van der Waals surface area contributed by atoms with Crippen molar-refractivity contribution in [1.82, 2.24) is 15.1 Å². The van der Waals surface area contributed by atoms with Crippen molar-refractivity contribution in [3.63, 3.8) is 0 Å². The number of likely N-dealkylation sites (N-methyl/N-ethyl adjacent to an activating group) is 1. The molecule has 3 amide bonds. The molecule has 2 heterocycles. The van der Waals surface area contributed by atoms with Gasteiger partial charge in [0.05, 0.1) is 5.92 Å². The van der Waals surface area contributed by atoms with E-state index in [0.717, 1.165) is 0 Å². The van der Waals surface area contributed by atoms with Gasteiger partial charge in [-0.15, -0.1) is 0 Å². The zero-order valence-electron chi connectivity index (χ0n) is 10.3. The van der Waals surface area contributed by atoms with E-state index in [1.807, 2.05) is 0 Å². The highest BCUT2D eigenvalue weighted by Crippen LogP contribution is 2.16. The van der Waals surface area contributed by atoms with Crippen molar-refractivity contribution in [3.8, 4) is 0 Å². The molecule has 0 radical (unpaired) electrons. The molecule has 2 aliphatic heterocycles. The highest BCUT2D eigenvalue weighted by Gasteiger charge is 2.36. The monoisotopic (exact) mass is 255 g/mol. The molecule has 7 nitrogen and oxygen atoms in total. The summed E-state index contributed by atoms with van der Waals surface area (Å²) in [6, 6.07) is -0.274. The van der Waals surface area contributed by atoms with Crippen molar-refractivity contribution >= 4 is 17.9 Å². The summed E-state index contributed by atoms with van der Waals surface area (Å²) in [6.07, 6.45) is 1.09. The number of carboxylic acids is 1. The molecule has 0 bridgehead atoms. The molecule has 1 unspecified atom stereocenters. The number of nitrogens with zero attached hydrogens (tertiary/aromatic N) is 2. The molecule has 7 heteroatoms. The predicted octanol–water partition coefficient (Wildman–Crippen LogP) is -0.667. The third-order valence-corrected chi connectivity index (χ3v) is 3.47. The molecule has 2 aliphatic rings. The number of carboxylic acid groups (broad SMARTS) is 1. The van der Waals surface area contributed by atoms with Crippen molar-refractivity contribution < 1.29 is 19.5 Å². The predicted molar refractivity (Wildman–Crippen MR) is 61.9 cm³/mol. The fourth-order valence-electron chi connectivity index (χ4n) is 2.20. The Morgan fingerprint density at radius 3 is 2.56 bits per heavy atom. The lowest BCUT2D eigenvalue weighted by molar-refractivity contribution is -0.146. The highest BCUT2D eigenvalue weighted by molar-refractivity contribution is 5.80. The summed E-state index contributed by atoms with van der Waals surface area (Å²) in [4.78, 5) is 36.7. The van der Waals surface area contributed by atoms with Crippen molar-refractivity contribution in [2.45, 2.75) is 18.9 Å². The summed E-state index contributed by atoms with van der Waals surface area (Å²) >= 11 is 0. The second-order valence-electron chi connectivity index (χ2n) is 4.90. The van der Waals surface area contributed by atoms with Crippen molar-refractivity contribution in [3.05, 3.63) is 0 Å². The van der Waals surface area contributed by atoms with Gasteiger partial charge >= 0.3 is 12.0 Å². The maximum Gasteiger partial charge on any atom is 0.317 e. The number of amides is 3. The number of hydrogen-bond acceptors (Lipinski definition) is 3. The van der Waals surface area contributed by atoms with Crippen LogP contribution in [0.1, 0.15) is 12.8 Å². The van der Waals surface area contributed by atoms with Crippen LogP contribution in [0.5, 0.6) is 0 Å². The van der Waals surface area contributed by atoms with E-state index in [1.165, 1.54) is 4.90 Å². The Kier molecular flexibility index (Phi) is 3.40. The normalized spacial score (nSPS) is 24.7. The number of rotatable bonds is 2. The third-order valence-electron chi connectivity index (χ3n) is 3.47. The van der Waals surface area contributed by atoms with Crippen LogP contribution >= 0.6 is 0 Å². The van der Waals surface area contributed by atoms with Gasteiger partial charge in [-0.2, -0.15) is 0 Å². The van der Waals surface area contributed by atoms with Crippen LogP contribution in [0.15, 0.2) is 0 Å². The minimum absolute atomic E-state index is 0.0379. The SMILES string of the molecule is CN1CC(NC(=O)N2CC(C(=O)O)C2)CCC1=O. The standard InChI is InChI=1S/C11H17N3O4/c1-13-6-8(2-3-9(13)15)12-11(18)14-4-7(5-14)10(16)17/h7-8H,2-6H2,1H3,(H,12,18)(H,16,17). The van der Waals surface area contributed by atoms with Crippen LogP contribution < -0.4 is 5.32 Å². The largest absolute Gasteiger partial charge is 0.481 e. The quantitative estimate of drug-likeness (QED) is 0.685. The Morgan fingerprint density at radius 2 is 2.00 bits per heavy atom. The van der Waals surface area contributed by atoms with Crippen LogP contribution in [0.25, 0.3) is 0 Å². The zero-order chi connectivity index (χ0) is 13.3. The lowest BCUT2D eigenvalue weighted by Crippen LogP contribution is -2.59. The van der Waals surface area contributed by atoms with Gasteiger partial charge in [0.25, 0.3) is 0 Å². The second kappa shape index (κ2) is 4.83. The molecule has 0 aromatic heterocycles.